The molecule has 4 rings (SSSR count). The fraction of sp³-hybridized carbons (Fsp3) is 0.160. The van der Waals surface area contributed by atoms with E-state index in [4.69, 9.17) is 5.73 Å². The average Bonchev–Trinajstić information content (AvgIpc) is 2.79. The molecule has 0 atom stereocenters. The Morgan fingerprint density at radius 3 is 2.58 bits per heavy atom. The molecule has 0 spiro atoms. The number of pyridine rings is 1. The summed E-state index contributed by atoms with van der Waals surface area (Å²) >= 11 is 0. The molecule has 1 aliphatic rings. The minimum Gasteiger partial charge on any atom is -0.397 e. The van der Waals surface area contributed by atoms with E-state index in [9.17, 15) is 9.59 Å². The number of anilines is 2. The molecule has 6 nitrogen and oxygen atoms in total. The number of nitrogens with zero attached hydrogens (tertiary/aromatic N) is 2. The fourth-order valence-electron chi connectivity index (χ4n) is 3.58. The Kier molecular flexibility index (Phi) is 6.08. The lowest BCUT2D eigenvalue weighted by molar-refractivity contribution is -0.129. The Morgan fingerprint density at radius 1 is 1.06 bits per heavy atom. The first kappa shape index (κ1) is 20.3. The van der Waals surface area contributed by atoms with Crippen molar-refractivity contribution in [3.8, 4) is 0 Å². The molecule has 1 aliphatic heterocycles. The molecular weight excluding hydrogens is 388 g/mol. The van der Waals surface area contributed by atoms with Crippen LogP contribution in [0.3, 0.4) is 0 Å². The second-order valence-electron chi connectivity index (χ2n) is 7.49. The molecule has 1 saturated heterocycles. The van der Waals surface area contributed by atoms with E-state index in [1.54, 1.807) is 30.5 Å². The summed E-state index contributed by atoms with van der Waals surface area (Å²) < 4.78 is 0. The number of hydrogen-bond donors (Lipinski definition) is 2. The van der Waals surface area contributed by atoms with Crippen molar-refractivity contribution in [3.05, 3.63) is 95.3 Å². The summed E-state index contributed by atoms with van der Waals surface area (Å²) in [6.07, 6.45) is 5.27. The predicted octanol–water partition coefficient (Wildman–Crippen LogP) is 4.12. The Balaban J connectivity index is 1.41. The third-order valence-corrected chi connectivity index (χ3v) is 5.24. The van der Waals surface area contributed by atoms with Crippen molar-refractivity contribution in [3.63, 3.8) is 0 Å². The molecule has 3 N–H and O–H groups in total. The SMILES string of the molecule is Nc1ccccc1NC(=O)c1ccc(CN2CCCC(=Cc3ccccn3)C2=O)cc1. The van der Waals surface area contributed by atoms with Gasteiger partial charge in [-0.05, 0) is 60.9 Å². The van der Waals surface area contributed by atoms with Gasteiger partial charge in [-0.1, -0.05) is 30.3 Å². The zero-order chi connectivity index (χ0) is 21.6. The van der Waals surface area contributed by atoms with Gasteiger partial charge in [-0.25, -0.2) is 0 Å². The number of amides is 2. The van der Waals surface area contributed by atoms with Gasteiger partial charge in [0, 0.05) is 30.4 Å². The zero-order valence-corrected chi connectivity index (χ0v) is 17.1. The summed E-state index contributed by atoms with van der Waals surface area (Å²) in [6, 6.07) is 20.1. The van der Waals surface area contributed by atoms with Crippen LogP contribution in [0.2, 0.25) is 0 Å². The lowest BCUT2D eigenvalue weighted by atomic mass is 10.0. The van der Waals surface area contributed by atoms with Gasteiger partial charge in [0.15, 0.2) is 0 Å². The van der Waals surface area contributed by atoms with Crippen molar-refractivity contribution in [2.45, 2.75) is 19.4 Å². The van der Waals surface area contributed by atoms with Crippen molar-refractivity contribution in [1.29, 1.82) is 0 Å². The van der Waals surface area contributed by atoms with E-state index >= 15 is 0 Å². The number of carbonyl (C=O) groups is 2. The number of nitrogen functional groups attached to an aromatic ring is 1. The van der Waals surface area contributed by atoms with Crippen LogP contribution in [0.25, 0.3) is 6.08 Å². The van der Waals surface area contributed by atoms with Gasteiger partial charge in [-0.3, -0.25) is 14.6 Å². The molecule has 2 aromatic carbocycles. The number of likely N-dealkylation sites (tertiary alicyclic amines) is 1. The van der Waals surface area contributed by atoms with Crippen LogP contribution < -0.4 is 11.1 Å². The van der Waals surface area contributed by atoms with Crippen LogP contribution in [0.1, 0.15) is 34.5 Å². The van der Waals surface area contributed by atoms with Crippen molar-refractivity contribution in [1.82, 2.24) is 9.88 Å². The molecule has 3 aromatic rings. The van der Waals surface area contributed by atoms with Crippen molar-refractivity contribution >= 4 is 29.3 Å². The Bertz CT molecular complexity index is 1110. The maximum Gasteiger partial charge on any atom is 0.255 e. The number of nitrogens with one attached hydrogen (secondary N) is 1. The summed E-state index contributed by atoms with van der Waals surface area (Å²) in [5.74, 6) is -0.183. The van der Waals surface area contributed by atoms with E-state index in [1.165, 1.54) is 0 Å². The van der Waals surface area contributed by atoms with Crippen LogP contribution in [0.5, 0.6) is 0 Å². The van der Waals surface area contributed by atoms with Gasteiger partial charge in [0.1, 0.15) is 0 Å². The quantitative estimate of drug-likeness (QED) is 0.487. The number of carbonyl (C=O) groups excluding carboxylic acids is 2. The third-order valence-electron chi connectivity index (χ3n) is 5.24. The highest BCUT2D eigenvalue weighted by atomic mass is 16.2. The number of benzene rings is 2. The van der Waals surface area contributed by atoms with Crippen LogP contribution in [-0.2, 0) is 11.3 Å². The van der Waals surface area contributed by atoms with Crippen LogP contribution in [0.4, 0.5) is 11.4 Å². The molecule has 156 valence electrons. The molecule has 0 unspecified atom stereocenters. The van der Waals surface area contributed by atoms with Crippen LogP contribution in [0.15, 0.2) is 78.5 Å². The molecule has 31 heavy (non-hydrogen) atoms. The molecule has 1 aromatic heterocycles. The number of aromatic nitrogens is 1. The molecule has 0 saturated carbocycles. The second kappa shape index (κ2) is 9.26. The number of nitrogens with two attached hydrogens (primary N) is 1. The van der Waals surface area contributed by atoms with Gasteiger partial charge in [-0.15, -0.1) is 0 Å². The maximum absolute atomic E-state index is 12.9. The van der Waals surface area contributed by atoms with Gasteiger partial charge >= 0.3 is 0 Å². The van der Waals surface area contributed by atoms with E-state index in [-0.39, 0.29) is 11.8 Å². The molecule has 2 amide bonds. The molecule has 0 aliphatic carbocycles. The predicted molar refractivity (Wildman–Crippen MR) is 122 cm³/mol. The van der Waals surface area contributed by atoms with Gasteiger partial charge in [0.05, 0.1) is 17.1 Å². The number of rotatable bonds is 5. The summed E-state index contributed by atoms with van der Waals surface area (Å²) in [5.41, 5.74) is 10.1. The first-order valence-electron chi connectivity index (χ1n) is 10.3. The molecular formula is C25H24N4O2. The summed E-state index contributed by atoms with van der Waals surface area (Å²) in [5, 5.41) is 2.82. The summed E-state index contributed by atoms with van der Waals surface area (Å²) in [6.45, 7) is 1.22. The maximum atomic E-state index is 12.9. The van der Waals surface area contributed by atoms with E-state index in [0.717, 1.165) is 29.7 Å². The third kappa shape index (κ3) is 4.98. The zero-order valence-electron chi connectivity index (χ0n) is 17.1. The first-order chi connectivity index (χ1) is 15.1. The monoisotopic (exact) mass is 412 g/mol. The first-order valence-corrected chi connectivity index (χ1v) is 10.3. The van der Waals surface area contributed by atoms with E-state index < -0.39 is 0 Å². The standard InChI is InChI=1S/C25H24N4O2/c26-22-8-1-2-9-23(22)28-24(30)19-12-10-18(11-13-19)17-29-15-5-6-20(25(29)31)16-21-7-3-4-14-27-21/h1-4,7-14,16H,5-6,15,17,26H2,(H,28,30). The summed E-state index contributed by atoms with van der Waals surface area (Å²) in [7, 11) is 0. The average molecular weight is 412 g/mol. The molecule has 0 radical (unpaired) electrons. The fourth-order valence-corrected chi connectivity index (χ4v) is 3.58. The van der Waals surface area contributed by atoms with Gasteiger partial charge in [0.2, 0.25) is 5.91 Å². The molecule has 1 fully saturated rings. The van der Waals surface area contributed by atoms with Gasteiger partial charge in [-0.2, -0.15) is 0 Å². The highest BCUT2D eigenvalue weighted by molar-refractivity contribution is 6.05. The van der Waals surface area contributed by atoms with Gasteiger partial charge in [0.25, 0.3) is 5.91 Å². The van der Waals surface area contributed by atoms with E-state index in [0.29, 0.717) is 30.0 Å². The number of piperidine rings is 1. The smallest absolute Gasteiger partial charge is 0.255 e. The topological polar surface area (TPSA) is 88.3 Å². The van der Waals surface area contributed by atoms with Gasteiger partial charge < -0.3 is 16.0 Å². The lowest BCUT2D eigenvalue weighted by Crippen LogP contribution is -2.36. The lowest BCUT2D eigenvalue weighted by Gasteiger charge is -2.28. The summed E-state index contributed by atoms with van der Waals surface area (Å²) in [4.78, 5) is 31.5. The van der Waals surface area contributed by atoms with Crippen molar-refractivity contribution < 1.29 is 9.59 Å². The molecule has 6 heteroatoms. The Hall–Kier alpha value is -3.93. The van der Waals surface area contributed by atoms with Crippen LogP contribution in [-0.4, -0.2) is 28.2 Å². The second-order valence-corrected chi connectivity index (χ2v) is 7.49. The molecule has 2 heterocycles. The molecule has 0 bridgehead atoms. The normalized spacial score (nSPS) is 15.2. The highest BCUT2D eigenvalue weighted by Gasteiger charge is 2.23. The minimum absolute atomic E-state index is 0.0401. The van der Waals surface area contributed by atoms with Crippen molar-refractivity contribution in [2.75, 3.05) is 17.6 Å². The van der Waals surface area contributed by atoms with E-state index in [1.807, 2.05) is 53.4 Å². The van der Waals surface area contributed by atoms with Crippen LogP contribution in [0, 0.1) is 0 Å². The largest absolute Gasteiger partial charge is 0.397 e. The van der Waals surface area contributed by atoms with Crippen molar-refractivity contribution in [2.24, 2.45) is 0 Å². The number of hydrogen-bond acceptors (Lipinski definition) is 4. The number of para-hydroxylation sites is 2. The minimum atomic E-state index is -0.223. The van der Waals surface area contributed by atoms with E-state index in [2.05, 4.69) is 10.3 Å². The Labute approximate surface area is 181 Å². The Morgan fingerprint density at radius 2 is 1.84 bits per heavy atom. The highest BCUT2D eigenvalue weighted by Crippen LogP contribution is 2.22. The van der Waals surface area contributed by atoms with Crippen LogP contribution >= 0.6 is 0 Å².